The minimum absolute atomic E-state index is 0.180. The van der Waals surface area contributed by atoms with Crippen LogP contribution in [0.5, 0.6) is 5.75 Å². The topological polar surface area (TPSA) is 60.3 Å². The molecule has 0 radical (unpaired) electrons. The fourth-order valence-electron chi connectivity index (χ4n) is 3.58. The second-order valence-corrected chi connectivity index (χ2v) is 8.21. The number of fused-ring (bicyclic) bond motifs is 1. The van der Waals surface area contributed by atoms with E-state index in [4.69, 9.17) is 27.9 Å². The molecule has 1 amide bonds. The van der Waals surface area contributed by atoms with E-state index in [0.717, 1.165) is 16.6 Å². The fourth-order valence-corrected chi connectivity index (χ4v) is 4.05. The van der Waals surface area contributed by atoms with E-state index < -0.39 is 11.7 Å². The minimum atomic E-state index is -0.771. The Morgan fingerprint density at radius 1 is 1.00 bits per heavy atom. The van der Waals surface area contributed by atoms with Crippen LogP contribution in [0.2, 0.25) is 10.2 Å². The molecule has 0 fully saturated rings. The molecule has 0 aliphatic heterocycles. The van der Waals surface area contributed by atoms with Crippen LogP contribution in [0.1, 0.15) is 21.5 Å². The van der Waals surface area contributed by atoms with Gasteiger partial charge in [-0.3, -0.25) is 9.59 Å². The summed E-state index contributed by atoms with van der Waals surface area (Å²) in [5, 5.41) is 4.12. The smallest absolute Gasteiger partial charge is 0.296 e. The number of aromatic nitrogens is 1. The van der Waals surface area contributed by atoms with Crippen molar-refractivity contribution in [2.45, 2.75) is 13.5 Å². The van der Waals surface area contributed by atoms with Crippen molar-refractivity contribution >= 4 is 51.5 Å². The lowest BCUT2D eigenvalue weighted by molar-refractivity contribution is -0.112. The fraction of sp³-hybridized carbons (Fsp3) is 0.120. The zero-order valence-electron chi connectivity index (χ0n) is 17.5. The molecule has 0 saturated carbocycles. The van der Waals surface area contributed by atoms with E-state index >= 15 is 0 Å². The van der Waals surface area contributed by atoms with Crippen LogP contribution in [-0.2, 0) is 11.3 Å². The van der Waals surface area contributed by atoms with Crippen LogP contribution in [0.25, 0.3) is 10.9 Å². The van der Waals surface area contributed by atoms with Crippen LogP contribution in [0.15, 0.2) is 66.7 Å². The van der Waals surface area contributed by atoms with Crippen LogP contribution in [0, 0.1) is 6.92 Å². The lowest BCUT2D eigenvalue weighted by Gasteiger charge is -2.08. The first-order valence-corrected chi connectivity index (χ1v) is 10.7. The van der Waals surface area contributed by atoms with Crippen LogP contribution < -0.4 is 10.1 Å². The first kappa shape index (κ1) is 21.9. The van der Waals surface area contributed by atoms with Crippen LogP contribution >= 0.6 is 23.2 Å². The molecule has 5 nitrogen and oxygen atoms in total. The molecule has 0 unspecified atom stereocenters. The van der Waals surface area contributed by atoms with Gasteiger partial charge >= 0.3 is 0 Å². The minimum Gasteiger partial charge on any atom is -0.497 e. The first-order valence-electron chi connectivity index (χ1n) is 9.90. The molecule has 0 saturated heterocycles. The van der Waals surface area contributed by atoms with Crippen LogP contribution in [0.4, 0.5) is 5.69 Å². The monoisotopic (exact) mass is 466 g/mol. The molecule has 1 N–H and O–H groups in total. The Bertz CT molecular complexity index is 1330. The Morgan fingerprint density at radius 2 is 1.75 bits per heavy atom. The maximum Gasteiger partial charge on any atom is 0.296 e. The molecule has 7 heteroatoms. The summed E-state index contributed by atoms with van der Waals surface area (Å²) >= 11 is 12.7. The third-order valence-corrected chi connectivity index (χ3v) is 5.82. The lowest BCUT2D eigenvalue weighted by atomic mass is 10.1. The predicted octanol–water partition coefficient (Wildman–Crippen LogP) is 6.13. The number of nitrogens with one attached hydrogen (secondary N) is 1. The van der Waals surface area contributed by atoms with Crippen molar-refractivity contribution in [3.63, 3.8) is 0 Å². The maximum absolute atomic E-state index is 13.2. The second kappa shape index (κ2) is 9.07. The molecule has 1 aromatic heterocycles. The van der Waals surface area contributed by atoms with Gasteiger partial charge in [-0.15, -0.1) is 0 Å². The summed E-state index contributed by atoms with van der Waals surface area (Å²) < 4.78 is 6.99. The summed E-state index contributed by atoms with van der Waals surface area (Å²) in [6.07, 6.45) is 0. The van der Waals surface area contributed by atoms with Crippen molar-refractivity contribution in [3.8, 4) is 5.75 Å². The molecule has 162 valence electrons. The second-order valence-electron chi connectivity index (χ2n) is 7.41. The van der Waals surface area contributed by atoms with Crippen LogP contribution in [0.3, 0.4) is 0 Å². The van der Waals surface area contributed by atoms with E-state index in [-0.39, 0.29) is 10.7 Å². The first-order chi connectivity index (χ1) is 15.4. The molecule has 4 rings (SSSR count). The highest BCUT2D eigenvalue weighted by atomic mass is 35.5. The average Bonchev–Trinajstić information content (AvgIpc) is 3.05. The molecule has 32 heavy (non-hydrogen) atoms. The third-order valence-electron chi connectivity index (χ3n) is 5.17. The number of carbonyl (C=O) groups excluding carboxylic acids is 2. The zero-order valence-corrected chi connectivity index (χ0v) is 19.0. The third kappa shape index (κ3) is 4.35. The maximum atomic E-state index is 13.2. The Labute approximate surface area is 195 Å². The Hall–Kier alpha value is -3.28. The highest BCUT2D eigenvalue weighted by molar-refractivity contribution is 6.51. The SMILES string of the molecule is COc1cccc(NC(=O)C(=O)c2c(Cl)n(Cc3ccc(Cl)cc3)c3ccc(C)cc23)c1. The number of methoxy groups -OCH3 is 1. The molecule has 3 aromatic carbocycles. The predicted molar refractivity (Wildman–Crippen MR) is 128 cm³/mol. The van der Waals surface area contributed by atoms with Gasteiger partial charge in [-0.25, -0.2) is 0 Å². The van der Waals surface area contributed by atoms with E-state index in [1.54, 1.807) is 36.4 Å². The highest BCUT2D eigenvalue weighted by Gasteiger charge is 2.26. The van der Waals surface area contributed by atoms with Gasteiger partial charge in [0.1, 0.15) is 10.9 Å². The van der Waals surface area contributed by atoms with Gasteiger partial charge in [0.25, 0.3) is 11.7 Å². The van der Waals surface area contributed by atoms with Crippen molar-refractivity contribution < 1.29 is 14.3 Å². The summed E-state index contributed by atoms with van der Waals surface area (Å²) in [4.78, 5) is 26.0. The van der Waals surface area contributed by atoms with E-state index in [1.165, 1.54) is 7.11 Å². The lowest BCUT2D eigenvalue weighted by Crippen LogP contribution is -2.23. The Balaban J connectivity index is 1.73. The molecular weight excluding hydrogens is 447 g/mol. The number of ketones is 1. The number of hydrogen-bond acceptors (Lipinski definition) is 3. The summed E-state index contributed by atoms with van der Waals surface area (Å²) in [5.41, 5.74) is 3.33. The molecule has 0 atom stereocenters. The Morgan fingerprint density at radius 3 is 2.47 bits per heavy atom. The number of carbonyl (C=O) groups is 2. The van der Waals surface area contributed by atoms with Crippen molar-refractivity contribution in [1.29, 1.82) is 0 Å². The van der Waals surface area contributed by atoms with Gasteiger partial charge in [-0.1, -0.05) is 53.0 Å². The number of Topliss-reactive ketones (excluding diaryl/α,β-unsaturated/α-hetero) is 1. The number of benzene rings is 3. The molecule has 1 heterocycles. The van der Waals surface area contributed by atoms with E-state index in [0.29, 0.717) is 28.4 Å². The number of anilines is 1. The summed E-state index contributed by atoms with van der Waals surface area (Å²) in [7, 11) is 1.53. The molecule has 4 aromatic rings. The summed E-state index contributed by atoms with van der Waals surface area (Å²) in [6.45, 7) is 2.36. The number of halogens is 2. The van der Waals surface area contributed by atoms with Gasteiger partial charge in [0, 0.05) is 28.7 Å². The molecule has 0 aliphatic rings. The van der Waals surface area contributed by atoms with Gasteiger partial charge in [-0.05, 0) is 48.9 Å². The van der Waals surface area contributed by atoms with Crippen molar-refractivity contribution in [1.82, 2.24) is 4.57 Å². The van der Waals surface area contributed by atoms with Gasteiger partial charge < -0.3 is 14.6 Å². The number of aryl methyl sites for hydroxylation is 1. The van der Waals surface area contributed by atoms with Gasteiger partial charge in [0.05, 0.1) is 18.2 Å². The zero-order chi connectivity index (χ0) is 22.8. The van der Waals surface area contributed by atoms with Gasteiger partial charge in [0.15, 0.2) is 0 Å². The van der Waals surface area contributed by atoms with E-state index in [9.17, 15) is 9.59 Å². The number of hydrogen-bond donors (Lipinski definition) is 1. The Kier molecular flexibility index (Phi) is 6.21. The number of nitrogens with zero attached hydrogens (tertiary/aromatic N) is 1. The van der Waals surface area contributed by atoms with Crippen molar-refractivity contribution in [2.75, 3.05) is 12.4 Å². The number of amides is 1. The van der Waals surface area contributed by atoms with Crippen LogP contribution in [-0.4, -0.2) is 23.4 Å². The molecular formula is C25H20Cl2N2O3. The molecule has 0 aliphatic carbocycles. The van der Waals surface area contributed by atoms with Crippen molar-refractivity contribution in [2.24, 2.45) is 0 Å². The summed E-state index contributed by atoms with van der Waals surface area (Å²) in [5.74, 6) is -0.904. The molecule has 0 bridgehead atoms. The van der Waals surface area contributed by atoms with E-state index in [1.807, 2.05) is 41.8 Å². The molecule has 0 spiro atoms. The van der Waals surface area contributed by atoms with Gasteiger partial charge in [0.2, 0.25) is 0 Å². The number of ether oxygens (including phenoxy) is 1. The van der Waals surface area contributed by atoms with Gasteiger partial charge in [-0.2, -0.15) is 0 Å². The average molecular weight is 467 g/mol. The number of rotatable bonds is 6. The highest BCUT2D eigenvalue weighted by Crippen LogP contribution is 2.32. The van der Waals surface area contributed by atoms with Crippen molar-refractivity contribution in [3.05, 3.63) is 93.6 Å². The van der Waals surface area contributed by atoms with E-state index in [2.05, 4.69) is 5.32 Å². The standard InChI is InChI=1S/C25H20Cl2N2O3/c1-15-6-11-21-20(12-15)22(24(27)29(21)14-16-7-9-17(26)10-8-16)23(30)25(31)28-18-4-3-5-19(13-18)32-2/h3-13H,14H2,1-2H3,(H,28,31). The normalized spacial score (nSPS) is 10.9. The quantitative estimate of drug-likeness (QED) is 0.274. The summed E-state index contributed by atoms with van der Waals surface area (Å²) in [6, 6.07) is 19.9. The largest absolute Gasteiger partial charge is 0.497 e.